The second-order valence-corrected chi connectivity index (χ2v) is 8.64. The Morgan fingerprint density at radius 1 is 1.13 bits per heavy atom. The molecule has 1 atom stereocenters. The van der Waals surface area contributed by atoms with Crippen LogP contribution in [0.15, 0.2) is 82.5 Å². The Bertz CT molecular complexity index is 1550. The summed E-state index contributed by atoms with van der Waals surface area (Å²) in [6.45, 7) is 3.10. The highest BCUT2D eigenvalue weighted by molar-refractivity contribution is 5.95. The van der Waals surface area contributed by atoms with E-state index in [0.717, 1.165) is 23.2 Å². The molecule has 10 nitrogen and oxygen atoms in total. The van der Waals surface area contributed by atoms with E-state index in [-0.39, 0.29) is 17.4 Å². The Balaban J connectivity index is 1.34. The quantitative estimate of drug-likeness (QED) is 0.143. The van der Waals surface area contributed by atoms with Gasteiger partial charge in [-0.1, -0.05) is 36.4 Å². The highest BCUT2D eigenvalue weighted by Crippen LogP contribution is 2.32. The number of halogens is 1. The Morgan fingerprint density at radius 3 is 2.55 bits per heavy atom. The highest BCUT2D eigenvalue weighted by atomic mass is 19.1. The van der Waals surface area contributed by atoms with Gasteiger partial charge in [0, 0.05) is 46.2 Å². The van der Waals surface area contributed by atoms with E-state index >= 15 is 0 Å². The molecule has 2 heterocycles. The van der Waals surface area contributed by atoms with Gasteiger partial charge in [-0.2, -0.15) is 0 Å². The van der Waals surface area contributed by atoms with E-state index in [0.29, 0.717) is 30.1 Å². The van der Waals surface area contributed by atoms with Gasteiger partial charge in [-0.25, -0.2) is 9.37 Å². The number of aromatic nitrogens is 1. The number of carbonyl (C=O) groups excluding carboxylic acids is 2. The summed E-state index contributed by atoms with van der Waals surface area (Å²) < 4.78 is 19.7. The van der Waals surface area contributed by atoms with Gasteiger partial charge in [-0.3, -0.25) is 9.59 Å². The fraction of sp³-hybridized carbons (Fsp3) is 0.148. The number of oxazole rings is 1. The summed E-state index contributed by atoms with van der Waals surface area (Å²) in [4.78, 5) is 34.4. The molecule has 1 amide bonds. The van der Waals surface area contributed by atoms with Crippen molar-refractivity contribution in [2.45, 2.75) is 13.1 Å². The molecule has 3 aromatic carbocycles. The highest BCUT2D eigenvalue weighted by Gasteiger charge is 2.32. The molecule has 38 heavy (non-hydrogen) atoms. The van der Waals surface area contributed by atoms with Gasteiger partial charge in [0.25, 0.3) is 6.01 Å². The van der Waals surface area contributed by atoms with Crippen molar-refractivity contribution in [3.63, 3.8) is 0 Å². The van der Waals surface area contributed by atoms with Gasteiger partial charge in [0.1, 0.15) is 5.82 Å². The van der Waals surface area contributed by atoms with Crippen LogP contribution < -0.4 is 15.1 Å². The van der Waals surface area contributed by atoms with Gasteiger partial charge >= 0.3 is 0 Å². The van der Waals surface area contributed by atoms with E-state index < -0.39 is 12.1 Å². The van der Waals surface area contributed by atoms with Crippen LogP contribution in [0.4, 0.5) is 27.5 Å². The maximum atomic E-state index is 13.8. The van der Waals surface area contributed by atoms with E-state index in [2.05, 4.69) is 20.3 Å². The molecular formula is C27H22FN7O3. The lowest BCUT2D eigenvalue weighted by atomic mass is 10.1. The summed E-state index contributed by atoms with van der Waals surface area (Å²) >= 11 is 0. The minimum Gasteiger partial charge on any atom is -0.423 e. The largest absolute Gasteiger partial charge is 0.423 e. The zero-order chi connectivity index (χ0) is 26.6. The molecule has 0 saturated carbocycles. The minimum atomic E-state index is -0.664. The molecule has 1 aromatic heterocycles. The lowest BCUT2D eigenvalue weighted by Crippen LogP contribution is -2.40. The number of nitrogens with one attached hydrogen (secondary N) is 1. The Kier molecular flexibility index (Phi) is 6.75. The van der Waals surface area contributed by atoms with Crippen LogP contribution in [0.5, 0.6) is 0 Å². The number of nitrogens with zero attached hydrogens (tertiary/aromatic N) is 6. The zero-order valence-corrected chi connectivity index (χ0v) is 20.3. The van der Waals surface area contributed by atoms with Crippen molar-refractivity contribution in [2.24, 2.45) is 5.11 Å². The van der Waals surface area contributed by atoms with Crippen molar-refractivity contribution in [3.8, 4) is 11.3 Å². The molecule has 190 valence electrons. The molecule has 0 spiro atoms. The van der Waals surface area contributed by atoms with E-state index in [1.54, 1.807) is 42.6 Å². The summed E-state index contributed by atoms with van der Waals surface area (Å²) in [7, 11) is 0. The van der Waals surface area contributed by atoms with Crippen molar-refractivity contribution >= 4 is 35.3 Å². The molecule has 1 aliphatic heterocycles. The number of aryl methyl sites for hydroxylation is 1. The predicted octanol–water partition coefficient (Wildman–Crippen LogP) is 5.83. The summed E-state index contributed by atoms with van der Waals surface area (Å²) in [6.07, 6.45) is 1.84. The third-order valence-corrected chi connectivity index (χ3v) is 6.33. The number of rotatable bonds is 7. The molecule has 5 rings (SSSR count). The van der Waals surface area contributed by atoms with Crippen molar-refractivity contribution in [1.82, 2.24) is 4.98 Å². The summed E-state index contributed by atoms with van der Waals surface area (Å²) in [6, 6.07) is 18.7. The summed E-state index contributed by atoms with van der Waals surface area (Å²) in [5.41, 5.74) is 12.5. The molecular weight excluding hydrogens is 489 g/mol. The number of anilines is 4. The molecule has 4 aromatic rings. The minimum absolute atomic E-state index is 0.267. The monoisotopic (exact) mass is 511 g/mol. The molecule has 0 radical (unpaired) electrons. The molecule has 0 aliphatic carbocycles. The summed E-state index contributed by atoms with van der Waals surface area (Å²) in [5.74, 6) is -0.533. The molecule has 1 aliphatic rings. The van der Waals surface area contributed by atoms with Crippen molar-refractivity contribution in [3.05, 3.63) is 100 Å². The van der Waals surface area contributed by atoms with Crippen LogP contribution in [0, 0.1) is 12.7 Å². The van der Waals surface area contributed by atoms with Crippen molar-refractivity contribution in [2.75, 3.05) is 28.2 Å². The maximum absolute atomic E-state index is 13.8. The maximum Gasteiger partial charge on any atom is 0.299 e. The van der Waals surface area contributed by atoms with E-state index in [4.69, 9.17) is 9.95 Å². The SMILES string of the molecule is Cc1ccc(N2CCN(c3cccc(F)c3)C2C=O)cc1Nc1ncc(-c2ccc(C(=O)N=[N+]=[N-])cc2)o1. The van der Waals surface area contributed by atoms with Crippen LogP contribution in [0.1, 0.15) is 15.9 Å². The lowest BCUT2D eigenvalue weighted by molar-refractivity contribution is -0.108. The third kappa shape index (κ3) is 4.91. The second kappa shape index (κ2) is 10.5. The Morgan fingerprint density at radius 2 is 1.87 bits per heavy atom. The topological polar surface area (TPSA) is 127 Å². The van der Waals surface area contributed by atoms with Gasteiger partial charge in [0.2, 0.25) is 5.91 Å². The van der Waals surface area contributed by atoms with E-state index in [1.165, 1.54) is 12.1 Å². The first-order valence-corrected chi connectivity index (χ1v) is 11.7. The van der Waals surface area contributed by atoms with Gasteiger partial charge in [0.05, 0.1) is 6.20 Å². The van der Waals surface area contributed by atoms with Crippen LogP contribution in [-0.4, -0.2) is 36.4 Å². The van der Waals surface area contributed by atoms with E-state index in [1.807, 2.05) is 34.9 Å². The average Bonchev–Trinajstić information content (AvgIpc) is 3.57. The van der Waals surface area contributed by atoms with Gasteiger partial charge in [0.15, 0.2) is 18.2 Å². The molecule has 1 unspecified atom stereocenters. The first-order chi connectivity index (χ1) is 18.5. The summed E-state index contributed by atoms with van der Waals surface area (Å²) in [5, 5.41) is 6.27. The van der Waals surface area contributed by atoms with Gasteiger partial charge < -0.3 is 19.5 Å². The third-order valence-electron chi connectivity index (χ3n) is 6.33. The van der Waals surface area contributed by atoms with E-state index in [9.17, 15) is 14.0 Å². The van der Waals surface area contributed by atoms with Crippen molar-refractivity contribution < 1.29 is 18.4 Å². The number of azide groups is 1. The Labute approximate surface area is 216 Å². The van der Waals surface area contributed by atoms with Gasteiger partial charge in [-0.15, -0.1) is 0 Å². The standard InChI is InChI=1S/C27H22FN7O3/c1-17-5-10-22(35-12-11-34(25(35)16-36)21-4-2-3-20(28)13-21)14-23(17)31-27-30-15-24(38-27)18-6-8-19(9-7-18)26(37)32-33-29/h2-10,13-16,25H,11-12H2,1H3,(H,30,31). The normalized spacial score (nSPS) is 14.7. The average molecular weight is 512 g/mol. The van der Waals surface area contributed by atoms with Crippen LogP contribution in [0.25, 0.3) is 21.8 Å². The molecule has 0 bridgehead atoms. The van der Waals surface area contributed by atoms with Crippen LogP contribution in [-0.2, 0) is 4.79 Å². The number of carbonyl (C=O) groups is 2. The number of aldehydes is 1. The zero-order valence-electron chi connectivity index (χ0n) is 20.3. The first kappa shape index (κ1) is 24.5. The number of benzene rings is 3. The van der Waals surface area contributed by atoms with Crippen LogP contribution in [0.2, 0.25) is 0 Å². The smallest absolute Gasteiger partial charge is 0.299 e. The fourth-order valence-electron chi connectivity index (χ4n) is 4.39. The predicted molar refractivity (Wildman–Crippen MR) is 141 cm³/mol. The van der Waals surface area contributed by atoms with Crippen LogP contribution in [0.3, 0.4) is 0 Å². The molecule has 1 N–H and O–H groups in total. The van der Waals surface area contributed by atoms with Gasteiger partial charge in [-0.05, 0) is 53.5 Å². The Hall–Kier alpha value is -5.15. The number of amides is 1. The lowest BCUT2D eigenvalue weighted by Gasteiger charge is -2.29. The fourth-order valence-corrected chi connectivity index (χ4v) is 4.39. The number of hydrogen-bond acceptors (Lipinski definition) is 7. The van der Waals surface area contributed by atoms with Crippen LogP contribution >= 0.6 is 0 Å². The molecule has 11 heteroatoms. The molecule has 1 fully saturated rings. The van der Waals surface area contributed by atoms with Crippen molar-refractivity contribution in [1.29, 1.82) is 0 Å². The second-order valence-electron chi connectivity index (χ2n) is 8.64. The first-order valence-electron chi connectivity index (χ1n) is 11.7. The number of hydrogen-bond donors (Lipinski definition) is 1. The molecule has 1 saturated heterocycles.